The smallest absolute Gasteiger partial charge is 0.229 e. The summed E-state index contributed by atoms with van der Waals surface area (Å²) in [7, 11) is 0. The van der Waals surface area contributed by atoms with Crippen LogP contribution < -0.4 is 10.6 Å². The average Bonchev–Trinajstić information content (AvgIpc) is 2.37. The monoisotopic (exact) mass is 244 g/mol. The Bertz CT molecular complexity index is 461. The van der Waals surface area contributed by atoms with Gasteiger partial charge < -0.3 is 10.6 Å². The molecule has 96 valence electrons. The molecule has 0 aromatic heterocycles. The van der Waals surface area contributed by atoms with Crippen LogP contribution in [0.25, 0.3) is 0 Å². The molecule has 3 nitrogen and oxygen atoms in total. The third-order valence-corrected chi connectivity index (χ3v) is 3.20. The number of rotatable bonds is 3. The second kappa shape index (κ2) is 5.83. The lowest BCUT2D eigenvalue weighted by Crippen LogP contribution is -2.38. The fraction of sp³-hybridized carbons (Fsp3) is 0.400. The third-order valence-electron chi connectivity index (χ3n) is 3.20. The molecule has 1 aromatic rings. The van der Waals surface area contributed by atoms with Crippen LogP contribution in [0.2, 0.25) is 0 Å². The van der Waals surface area contributed by atoms with Gasteiger partial charge in [-0.2, -0.15) is 0 Å². The van der Waals surface area contributed by atoms with E-state index in [1.807, 2.05) is 32.1 Å². The Labute approximate surface area is 108 Å². The first-order chi connectivity index (χ1) is 8.68. The number of carbonyl (C=O) groups excluding carboxylic acids is 1. The number of carbonyl (C=O) groups is 1. The summed E-state index contributed by atoms with van der Waals surface area (Å²) in [5, 5.41) is 6.26. The molecule has 18 heavy (non-hydrogen) atoms. The fourth-order valence-electron chi connectivity index (χ4n) is 2.21. The molecule has 1 aliphatic heterocycles. The molecule has 2 rings (SSSR count). The Balaban J connectivity index is 2.06. The van der Waals surface area contributed by atoms with Crippen LogP contribution in [0.1, 0.15) is 30.9 Å². The third kappa shape index (κ3) is 2.99. The molecule has 1 atom stereocenters. The molecule has 2 N–H and O–H groups in total. The minimum Gasteiger partial charge on any atom is -0.352 e. The van der Waals surface area contributed by atoms with Gasteiger partial charge in [-0.05, 0) is 25.0 Å². The highest BCUT2D eigenvalue weighted by molar-refractivity contribution is 5.84. The average molecular weight is 244 g/mol. The zero-order chi connectivity index (χ0) is 13.0. The van der Waals surface area contributed by atoms with E-state index in [4.69, 9.17) is 0 Å². The van der Waals surface area contributed by atoms with Crippen LogP contribution in [0, 0.1) is 0 Å². The summed E-state index contributed by atoms with van der Waals surface area (Å²) in [6.07, 6.45) is 2.03. The van der Waals surface area contributed by atoms with Crippen LogP contribution in [-0.4, -0.2) is 19.0 Å². The van der Waals surface area contributed by atoms with Gasteiger partial charge in [0.1, 0.15) is 0 Å². The Kier molecular flexibility index (Phi) is 4.15. The second-order valence-corrected chi connectivity index (χ2v) is 4.91. The molecule has 1 aromatic carbocycles. The second-order valence-electron chi connectivity index (χ2n) is 4.91. The highest BCUT2D eigenvalue weighted by atomic mass is 16.1. The lowest BCUT2D eigenvalue weighted by Gasteiger charge is -2.25. The van der Waals surface area contributed by atoms with Gasteiger partial charge in [0.2, 0.25) is 5.91 Å². The van der Waals surface area contributed by atoms with Gasteiger partial charge in [-0.25, -0.2) is 0 Å². The number of amides is 1. The zero-order valence-electron chi connectivity index (χ0n) is 11.0. The van der Waals surface area contributed by atoms with Gasteiger partial charge in [-0.1, -0.05) is 35.9 Å². The number of hydrogen-bond acceptors (Lipinski definition) is 2. The minimum atomic E-state index is -0.0690. The van der Waals surface area contributed by atoms with Crippen molar-refractivity contribution in [1.29, 1.82) is 0 Å². The van der Waals surface area contributed by atoms with Crippen molar-refractivity contribution in [1.82, 2.24) is 10.6 Å². The van der Waals surface area contributed by atoms with Gasteiger partial charge in [0, 0.05) is 19.6 Å². The van der Waals surface area contributed by atoms with E-state index in [1.165, 1.54) is 11.1 Å². The number of benzene rings is 1. The van der Waals surface area contributed by atoms with E-state index in [9.17, 15) is 4.79 Å². The van der Waals surface area contributed by atoms with Crippen molar-refractivity contribution < 1.29 is 4.79 Å². The molecule has 0 aliphatic carbocycles. The largest absolute Gasteiger partial charge is 0.352 e. The molecule has 0 radical (unpaired) electrons. The van der Waals surface area contributed by atoms with E-state index >= 15 is 0 Å². The van der Waals surface area contributed by atoms with E-state index in [2.05, 4.69) is 22.8 Å². The van der Waals surface area contributed by atoms with Crippen LogP contribution in [0.3, 0.4) is 0 Å². The van der Waals surface area contributed by atoms with Crippen molar-refractivity contribution in [2.24, 2.45) is 0 Å². The fourth-order valence-corrected chi connectivity index (χ4v) is 2.21. The SMILES string of the molecule is CC(C)=CCNC(=O)C1CNCc2ccccc21. The summed E-state index contributed by atoms with van der Waals surface area (Å²) in [4.78, 5) is 12.2. The predicted octanol–water partition coefficient (Wildman–Crippen LogP) is 1.96. The molecule has 1 aliphatic rings. The molecule has 0 spiro atoms. The van der Waals surface area contributed by atoms with Gasteiger partial charge in [0.05, 0.1) is 5.92 Å². The van der Waals surface area contributed by atoms with Crippen LogP contribution in [0.15, 0.2) is 35.9 Å². The summed E-state index contributed by atoms with van der Waals surface area (Å²) >= 11 is 0. The number of hydrogen-bond donors (Lipinski definition) is 2. The van der Waals surface area contributed by atoms with E-state index in [0.717, 1.165) is 18.7 Å². The number of nitrogens with one attached hydrogen (secondary N) is 2. The Morgan fingerprint density at radius 3 is 3.00 bits per heavy atom. The van der Waals surface area contributed by atoms with Crippen LogP contribution in [-0.2, 0) is 11.3 Å². The summed E-state index contributed by atoms with van der Waals surface area (Å²) in [6.45, 7) is 6.25. The lowest BCUT2D eigenvalue weighted by atomic mass is 9.90. The molecular formula is C15H20N2O. The van der Waals surface area contributed by atoms with Crippen molar-refractivity contribution in [3.63, 3.8) is 0 Å². The minimum absolute atomic E-state index is 0.0690. The van der Waals surface area contributed by atoms with Crippen molar-refractivity contribution >= 4 is 5.91 Å². The van der Waals surface area contributed by atoms with E-state index in [1.54, 1.807) is 0 Å². The van der Waals surface area contributed by atoms with Crippen molar-refractivity contribution in [3.05, 3.63) is 47.0 Å². The Morgan fingerprint density at radius 1 is 1.44 bits per heavy atom. The molecule has 0 bridgehead atoms. The molecule has 1 unspecified atom stereocenters. The number of fused-ring (bicyclic) bond motifs is 1. The van der Waals surface area contributed by atoms with Gasteiger partial charge in [-0.15, -0.1) is 0 Å². The molecule has 0 saturated heterocycles. The maximum atomic E-state index is 12.2. The van der Waals surface area contributed by atoms with E-state index in [0.29, 0.717) is 6.54 Å². The first-order valence-corrected chi connectivity index (χ1v) is 6.38. The Morgan fingerprint density at radius 2 is 2.22 bits per heavy atom. The van der Waals surface area contributed by atoms with Crippen LogP contribution in [0.4, 0.5) is 0 Å². The van der Waals surface area contributed by atoms with E-state index in [-0.39, 0.29) is 11.8 Å². The first kappa shape index (κ1) is 12.8. The zero-order valence-corrected chi connectivity index (χ0v) is 11.0. The highest BCUT2D eigenvalue weighted by Crippen LogP contribution is 2.23. The molecule has 3 heteroatoms. The van der Waals surface area contributed by atoms with Crippen LogP contribution in [0.5, 0.6) is 0 Å². The van der Waals surface area contributed by atoms with Gasteiger partial charge in [0.15, 0.2) is 0 Å². The summed E-state index contributed by atoms with van der Waals surface area (Å²) in [5.74, 6) is 0.0349. The highest BCUT2D eigenvalue weighted by Gasteiger charge is 2.25. The summed E-state index contributed by atoms with van der Waals surface area (Å²) < 4.78 is 0. The normalized spacial score (nSPS) is 17.8. The van der Waals surface area contributed by atoms with Crippen molar-refractivity contribution in [2.45, 2.75) is 26.3 Å². The van der Waals surface area contributed by atoms with Crippen LogP contribution >= 0.6 is 0 Å². The maximum absolute atomic E-state index is 12.2. The van der Waals surface area contributed by atoms with Gasteiger partial charge >= 0.3 is 0 Å². The molecule has 1 amide bonds. The molecule has 1 heterocycles. The first-order valence-electron chi connectivity index (χ1n) is 6.38. The van der Waals surface area contributed by atoms with E-state index < -0.39 is 0 Å². The quantitative estimate of drug-likeness (QED) is 0.798. The predicted molar refractivity (Wildman–Crippen MR) is 73.3 cm³/mol. The summed E-state index contributed by atoms with van der Waals surface area (Å²) in [5.41, 5.74) is 3.61. The molecule has 0 fully saturated rings. The van der Waals surface area contributed by atoms with Crippen molar-refractivity contribution in [2.75, 3.05) is 13.1 Å². The standard InChI is InChI=1S/C15H20N2O/c1-11(2)7-8-17-15(18)14-10-16-9-12-5-3-4-6-13(12)14/h3-7,14,16H,8-10H2,1-2H3,(H,17,18). The van der Waals surface area contributed by atoms with Crippen molar-refractivity contribution in [3.8, 4) is 0 Å². The van der Waals surface area contributed by atoms with Gasteiger partial charge in [0.25, 0.3) is 0 Å². The summed E-state index contributed by atoms with van der Waals surface area (Å²) in [6, 6.07) is 8.16. The molecule has 0 saturated carbocycles. The topological polar surface area (TPSA) is 41.1 Å². The lowest BCUT2D eigenvalue weighted by molar-refractivity contribution is -0.122. The Hall–Kier alpha value is -1.61. The molecular weight excluding hydrogens is 224 g/mol. The maximum Gasteiger partial charge on any atom is 0.229 e. The number of allylic oxidation sites excluding steroid dienone is 1. The van der Waals surface area contributed by atoms with Gasteiger partial charge in [-0.3, -0.25) is 4.79 Å².